The molecule has 0 unspecified atom stereocenters. The molecule has 0 aliphatic rings. The van der Waals surface area contributed by atoms with Gasteiger partial charge in [0.15, 0.2) is 5.16 Å². The summed E-state index contributed by atoms with van der Waals surface area (Å²) in [5.74, 6) is 0.196. The van der Waals surface area contributed by atoms with E-state index in [0.717, 1.165) is 6.42 Å². The van der Waals surface area contributed by atoms with Crippen LogP contribution in [0.15, 0.2) is 51.7 Å². The Bertz CT molecular complexity index is 920. The van der Waals surface area contributed by atoms with Crippen LogP contribution in [-0.4, -0.2) is 27.8 Å². The molecule has 2 aromatic heterocycles. The Labute approximate surface area is 154 Å². The van der Waals surface area contributed by atoms with E-state index in [1.54, 1.807) is 22.0 Å². The van der Waals surface area contributed by atoms with Gasteiger partial charge in [0.05, 0.1) is 16.7 Å². The Morgan fingerprint density at radius 2 is 2.12 bits per heavy atom. The van der Waals surface area contributed by atoms with Gasteiger partial charge >= 0.3 is 0 Å². The second kappa shape index (κ2) is 8.31. The Morgan fingerprint density at radius 3 is 2.88 bits per heavy atom. The van der Waals surface area contributed by atoms with Gasteiger partial charge in [-0.2, -0.15) is 0 Å². The first-order valence-corrected chi connectivity index (χ1v) is 9.97. The highest BCUT2D eigenvalue weighted by atomic mass is 32.2. The third kappa shape index (κ3) is 4.29. The smallest absolute Gasteiger partial charge is 0.262 e. The summed E-state index contributed by atoms with van der Waals surface area (Å²) < 4.78 is 1.62. The van der Waals surface area contributed by atoms with Crippen molar-refractivity contribution in [1.82, 2.24) is 14.9 Å². The summed E-state index contributed by atoms with van der Waals surface area (Å²) in [5.41, 5.74) is 0.603. The number of hydrogen-bond donors (Lipinski definition) is 1. The van der Waals surface area contributed by atoms with Crippen LogP contribution in [0.4, 0.5) is 0 Å². The number of nitrogens with one attached hydrogen (secondary N) is 1. The zero-order valence-corrected chi connectivity index (χ0v) is 15.5. The lowest BCUT2D eigenvalue weighted by Gasteiger charge is -2.11. The lowest BCUT2D eigenvalue weighted by atomic mass is 10.2. The Kier molecular flexibility index (Phi) is 5.88. The van der Waals surface area contributed by atoms with Gasteiger partial charge in [-0.3, -0.25) is 14.2 Å². The molecule has 3 aromatic rings. The van der Waals surface area contributed by atoms with Crippen molar-refractivity contribution in [2.24, 2.45) is 0 Å². The summed E-state index contributed by atoms with van der Waals surface area (Å²) >= 11 is 2.99. The molecule has 7 heteroatoms. The molecule has 0 saturated carbocycles. The number of amides is 1. The fourth-order valence-corrected chi connectivity index (χ4v) is 4.10. The van der Waals surface area contributed by atoms with Gasteiger partial charge < -0.3 is 5.32 Å². The van der Waals surface area contributed by atoms with Gasteiger partial charge in [-0.05, 0) is 36.9 Å². The summed E-state index contributed by atoms with van der Waals surface area (Å²) in [4.78, 5) is 30.4. The maximum absolute atomic E-state index is 12.5. The molecule has 0 spiro atoms. The van der Waals surface area contributed by atoms with Crippen LogP contribution in [-0.2, 0) is 17.8 Å². The Balaban J connectivity index is 1.64. The van der Waals surface area contributed by atoms with Gasteiger partial charge in [-0.1, -0.05) is 30.0 Å². The third-order valence-electron chi connectivity index (χ3n) is 3.75. The van der Waals surface area contributed by atoms with E-state index in [4.69, 9.17) is 0 Å². The molecule has 130 valence electrons. The summed E-state index contributed by atoms with van der Waals surface area (Å²) in [7, 11) is 0. The zero-order valence-electron chi connectivity index (χ0n) is 13.9. The van der Waals surface area contributed by atoms with Gasteiger partial charge in [-0.15, -0.1) is 11.3 Å². The predicted octanol–water partition coefficient (Wildman–Crippen LogP) is 2.93. The number of nitrogens with zero attached hydrogens (tertiary/aromatic N) is 2. The lowest BCUT2D eigenvalue weighted by molar-refractivity contribution is -0.118. The topological polar surface area (TPSA) is 64.0 Å². The molecule has 2 heterocycles. The van der Waals surface area contributed by atoms with Crippen molar-refractivity contribution in [2.75, 3.05) is 12.3 Å². The SMILES string of the molecule is CCn1c(SCC(=O)NCCc2cccs2)nc2ccccc2c1=O. The first-order chi connectivity index (χ1) is 12.2. The summed E-state index contributed by atoms with van der Waals surface area (Å²) in [6.45, 7) is 3.05. The summed E-state index contributed by atoms with van der Waals surface area (Å²) in [5, 5.41) is 6.13. The van der Waals surface area contributed by atoms with Crippen LogP contribution in [0, 0.1) is 0 Å². The van der Waals surface area contributed by atoms with Crippen molar-refractivity contribution in [3.8, 4) is 0 Å². The van der Waals surface area contributed by atoms with Crippen LogP contribution in [0.5, 0.6) is 0 Å². The van der Waals surface area contributed by atoms with Gasteiger partial charge in [-0.25, -0.2) is 4.98 Å². The van der Waals surface area contributed by atoms with Gasteiger partial charge in [0.25, 0.3) is 5.56 Å². The summed E-state index contributed by atoms with van der Waals surface area (Å²) in [6.07, 6.45) is 0.835. The van der Waals surface area contributed by atoms with Crippen LogP contribution in [0.3, 0.4) is 0 Å². The minimum Gasteiger partial charge on any atom is -0.355 e. The number of carbonyl (C=O) groups is 1. The molecule has 1 amide bonds. The quantitative estimate of drug-likeness (QED) is 0.511. The molecule has 1 N–H and O–H groups in total. The molecule has 5 nitrogen and oxygen atoms in total. The molecule has 25 heavy (non-hydrogen) atoms. The number of rotatable bonds is 7. The van der Waals surface area contributed by atoms with E-state index in [1.807, 2.05) is 36.6 Å². The van der Waals surface area contributed by atoms with E-state index in [9.17, 15) is 9.59 Å². The summed E-state index contributed by atoms with van der Waals surface area (Å²) in [6, 6.07) is 11.4. The van der Waals surface area contributed by atoms with Crippen molar-refractivity contribution in [2.45, 2.75) is 25.0 Å². The van der Waals surface area contributed by atoms with Crippen molar-refractivity contribution < 1.29 is 4.79 Å². The van der Waals surface area contributed by atoms with E-state index < -0.39 is 0 Å². The minimum absolute atomic E-state index is 0.0494. The zero-order chi connectivity index (χ0) is 17.6. The first kappa shape index (κ1) is 17.7. The number of fused-ring (bicyclic) bond motifs is 1. The van der Waals surface area contributed by atoms with Crippen LogP contribution in [0.2, 0.25) is 0 Å². The fraction of sp³-hybridized carbons (Fsp3) is 0.278. The molecule has 0 aliphatic heterocycles. The van der Waals surface area contributed by atoms with Crippen LogP contribution >= 0.6 is 23.1 Å². The average molecular weight is 374 g/mol. The number of thioether (sulfide) groups is 1. The number of aromatic nitrogens is 2. The lowest BCUT2D eigenvalue weighted by Crippen LogP contribution is -2.28. The van der Waals surface area contributed by atoms with Crippen molar-refractivity contribution in [3.63, 3.8) is 0 Å². The monoisotopic (exact) mass is 373 g/mol. The predicted molar refractivity (Wildman–Crippen MR) is 103 cm³/mol. The van der Waals surface area contributed by atoms with Gasteiger partial charge in [0.2, 0.25) is 5.91 Å². The van der Waals surface area contributed by atoms with Gasteiger partial charge in [0, 0.05) is 18.0 Å². The van der Waals surface area contributed by atoms with E-state index >= 15 is 0 Å². The average Bonchev–Trinajstić information content (AvgIpc) is 3.13. The maximum atomic E-state index is 12.5. The minimum atomic E-state index is -0.0614. The van der Waals surface area contributed by atoms with Crippen molar-refractivity contribution in [3.05, 3.63) is 57.0 Å². The van der Waals surface area contributed by atoms with Crippen molar-refractivity contribution in [1.29, 1.82) is 0 Å². The van der Waals surface area contributed by atoms with E-state index in [-0.39, 0.29) is 17.2 Å². The highest BCUT2D eigenvalue weighted by molar-refractivity contribution is 7.99. The molecule has 0 fully saturated rings. The molecular formula is C18H19N3O2S2. The second-order valence-electron chi connectivity index (χ2n) is 5.43. The molecule has 0 atom stereocenters. The number of carbonyl (C=O) groups excluding carboxylic acids is 1. The molecule has 1 aromatic carbocycles. The molecule has 0 bridgehead atoms. The van der Waals surface area contributed by atoms with Gasteiger partial charge in [0.1, 0.15) is 0 Å². The Morgan fingerprint density at radius 1 is 1.28 bits per heavy atom. The molecule has 0 radical (unpaired) electrons. The normalized spacial score (nSPS) is 10.9. The number of benzene rings is 1. The number of para-hydroxylation sites is 1. The molecular weight excluding hydrogens is 354 g/mol. The van der Waals surface area contributed by atoms with Crippen molar-refractivity contribution >= 4 is 39.9 Å². The van der Waals surface area contributed by atoms with E-state index in [0.29, 0.717) is 29.1 Å². The highest BCUT2D eigenvalue weighted by Gasteiger charge is 2.12. The number of thiophene rings is 1. The van der Waals surface area contributed by atoms with E-state index in [2.05, 4.69) is 16.4 Å². The largest absolute Gasteiger partial charge is 0.355 e. The van der Waals surface area contributed by atoms with Crippen LogP contribution in [0.25, 0.3) is 10.9 Å². The standard InChI is InChI=1S/C18H19N3O2S2/c1-2-21-17(23)14-7-3-4-8-15(14)20-18(21)25-12-16(22)19-10-9-13-6-5-11-24-13/h3-8,11H,2,9-10,12H2,1H3,(H,19,22). The molecule has 0 aliphatic carbocycles. The Hall–Kier alpha value is -2.12. The number of hydrogen-bond acceptors (Lipinski definition) is 5. The van der Waals surface area contributed by atoms with E-state index in [1.165, 1.54) is 16.6 Å². The maximum Gasteiger partial charge on any atom is 0.262 e. The van der Waals surface area contributed by atoms with Crippen LogP contribution in [0.1, 0.15) is 11.8 Å². The molecule has 3 rings (SSSR count). The first-order valence-electron chi connectivity index (χ1n) is 8.10. The fourth-order valence-electron chi connectivity index (χ4n) is 2.50. The second-order valence-corrected chi connectivity index (χ2v) is 7.40. The van der Waals surface area contributed by atoms with Crippen LogP contribution < -0.4 is 10.9 Å². The highest BCUT2D eigenvalue weighted by Crippen LogP contribution is 2.17. The third-order valence-corrected chi connectivity index (χ3v) is 5.66. The molecule has 0 saturated heterocycles.